The molecule has 6 rings (SSSR count). The number of hydroxylamine groups is 2. The number of aldehydes is 2. The monoisotopic (exact) mass is 1390 g/mol. The highest BCUT2D eigenvalue weighted by atomic mass is 79.9. The number of aromatic nitrogens is 5. The number of nitrogens with zero attached hydrogens (tertiary/aromatic N) is 5. The molecule has 0 aliphatic carbocycles. The Kier molecular flexibility index (Phi) is 25.0. The summed E-state index contributed by atoms with van der Waals surface area (Å²) in [5.41, 5.74) is 6.57. The van der Waals surface area contributed by atoms with Gasteiger partial charge in [0.2, 0.25) is 5.95 Å². The summed E-state index contributed by atoms with van der Waals surface area (Å²) in [6.07, 6.45) is 4.72. The molecule has 434 valence electrons. The van der Waals surface area contributed by atoms with E-state index in [-0.39, 0.29) is 115 Å². The SMILES string of the molecule is O=C[C@H](CCC(=O)O)NOc1c[nH]c2cc(Br)c(OCCOCCOCCOc3nc(OCCOc4c(Br)cc5[nH]cc(ON[C@H](C=O)CCC(=O)O)c5c4Br)nc(N4CC[N+](CCCO)(CCCS(=O)(=O)O)CC4)n3)c(Br)c12. The van der Waals surface area contributed by atoms with Crippen LogP contribution in [0, 0.1) is 0 Å². The van der Waals surface area contributed by atoms with Gasteiger partial charge in [0.05, 0.1) is 123 Å². The molecule has 27 nitrogen and oxygen atoms in total. The minimum atomic E-state index is -4.14. The number of nitrogens with one attached hydrogen (secondary N) is 4. The number of benzene rings is 2. The number of fused-ring (bicyclic) bond motifs is 2. The number of carbonyl (C=O) groups is 4. The van der Waals surface area contributed by atoms with Crippen molar-refractivity contribution in [3.05, 3.63) is 42.4 Å². The van der Waals surface area contributed by atoms with E-state index in [1.54, 1.807) is 24.5 Å². The molecule has 1 saturated heterocycles. The van der Waals surface area contributed by atoms with Crippen LogP contribution in [0.2, 0.25) is 0 Å². The first-order valence-electron chi connectivity index (χ1n) is 24.7. The summed E-state index contributed by atoms with van der Waals surface area (Å²) in [5, 5.41) is 28.8. The Morgan fingerprint density at radius 2 is 1.14 bits per heavy atom. The number of rotatable bonds is 38. The summed E-state index contributed by atoms with van der Waals surface area (Å²) >= 11 is 14.3. The Morgan fingerprint density at radius 3 is 1.59 bits per heavy atom. The van der Waals surface area contributed by atoms with Crippen molar-refractivity contribution < 1.29 is 90.0 Å². The van der Waals surface area contributed by atoms with Gasteiger partial charge in [0, 0.05) is 44.7 Å². The van der Waals surface area contributed by atoms with E-state index in [0.717, 1.165) is 0 Å². The predicted octanol–water partition coefficient (Wildman–Crippen LogP) is 4.76. The molecule has 0 amide bonds. The van der Waals surface area contributed by atoms with Crippen molar-refractivity contribution in [1.82, 2.24) is 35.9 Å². The van der Waals surface area contributed by atoms with Crippen molar-refractivity contribution in [3.63, 3.8) is 0 Å². The fourth-order valence-corrected chi connectivity index (χ4v) is 11.7. The van der Waals surface area contributed by atoms with Gasteiger partial charge in [-0.15, -0.1) is 15.9 Å². The highest BCUT2D eigenvalue weighted by Gasteiger charge is 2.34. The molecular formula is C47H60Br4N9O18S+. The number of aromatic amines is 2. The van der Waals surface area contributed by atoms with Crippen molar-refractivity contribution in [2.75, 3.05) is 109 Å². The van der Waals surface area contributed by atoms with Gasteiger partial charge < -0.3 is 82.4 Å². The smallest absolute Gasteiger partial charge is 0.324 e. The second kappa shape index (κ2) is 31.3. The van der Waals surface area contributed by atoms with Crippen LogP contribution < -0.4 is 44.5 Å². The van der Waals surface area contributed by atoms with Crippen LogP contribution in [0.25, 0.3) is 21.8 Å². The lowest BCUT2D eigenvalue weighted by Gasteiger charge is -2.45. The van der Waals surface area contributed by atoms with Crippen molar-refractivity contribution in [2.24, 2.45) is 0 Å². The van der Waals surface area contributed by atoms with Gasteiger partial charge in [0.15, 0.2) is 11.5 Å². The molecule has 1 aliphatic rings. The highest BCUT2D eigenvalue weighted by molar-refractivity contribution is 9.11. The minimum absolute atomic E-state index is 0.0124. The topological polar surface area (TPSA) is 355 Å². The maximum atomic E-state index is 11.5. The molecule has 0 spiro atoms. The first-order chi connectivity index (χ1) is 37.9. The number of carboxylic acids is 2. The Bertz CT molecular complexity index is 2950. The van der Waals surface area contributed by atoms with Crippen molar-refractivity contribution in [1.29, 1.82) is 0 Å². The third-order valence-corrected chi connectivity index (χ3v) is 15.6. The number of quaternary nitrogens is 1. The Morgan fingerprint density at radius 1 is 0.696 bits per heavy atom. The van der Waals surface area contributed by atoms with Gasteiger partial charge in [-0.2, -0.15) is 18.4 Å². The van der Waals surface area contributed by atoms with E-state index in [0.29, 0.717) is 125 Å². The molecule has 0 saturated carbocycles. The Labute approximate surface area is 486 Å². The minimum Gasteiger partial charge on any atom is -0.489 e. The number of aliphatic carboxylic acids is 2. The average molecular weight is 1390 g/mol. The van der Waals surface area contributed by atoms with Gasteiger partial charge in [0.1, 0.15) is 50.5 Å². The van der Waals surface area contributed by atoms with Gasteiger partial charge in [-0.25, -0.2) is 0 Å². The number of hydrogen-bond donors (Lipinski definition) is 8. The maximum Gasteiger partial charge on any atom is 0.324 e. The quantitative estimate of drug-likeness (QED) is 0.00868. The summed E-state index contributed by atoms with van der Waals surface area (Å²) < 4.78 is 70.8. The molecule has 1 aliphatic heterocycles. The number of anilines is 1. The van der Waals surface area contributed by atoms with Crippen molar-refractivity contribution in [2.45, 2.75) is 50.6 Å². The second-order valence-electron chi connectivity index (χ2n) is 17.7. The average Bonchev–Trinajstić information content (AvgIpc) is 4.02. The summed E-state index contributed by atoms with van der Waals surface area (Å²) in [4.78, 5) is 78.0. The number of aliphatic hydroxyl groups is 1. The van der Waals surface area contributed by atoms with Crippen LogP contribution in [0.4, 0.5) is 5.95 Å². The normalized spacial score (nSPS) is 14.2. The standard InChI is InChI=1S/C47H59Br4N9O18S/c48-31-23-33-39(35(25-52-33)77-57-29(27-62)3-5-37(64)65)41(50)43(31)73-18-16-71-14-15-72-17-19-75-46-54-45(59-7-11-60(12-8-59,9-1-13-61)10-2-22-79(68,69)70)55-47(56-46)76-21-20-74-44-32(49)24-34-40(42(44)51)36(26-53-34)78-58-30(28-63)4-6-38(66)67/h23-30,52-53,57-58,61H,1-22H2,(H2-,64,65,66,67,68,69,70)/p+1/t29-,30-/m0/s1. The van der Waals surface area contributed by atoms with E-state index in [1.165, 1.54) is 0 Å². The molecule has 0 radical (unpaired) electrons. The molecule has 0 bridgehead atoms. The molecule has 2 atom stereocenters. The highest BCUT2D eigenvalue weighted by Crippen LogP contribution is 2.44. The van der Waals surface area contributed by atoms with Crippen LogP contribution in [0.3, 0.4) is 0 Å². The molecule has 4 heterocycles. The fraction of sp³-hybridized carbons (Fsp3) is 0.511. The lowest BCUT2D eigenvalue weighted by Crippen LogP contribution is -2.61. The van der Waals surface area contributed by atoms with Gasteiger partial charge >= 0.3 is 24.0 Å². The first-order valence-corrected chi connectivity index (χ1v) is 29.5. The number of ether oxygens (including phenoxy) is 6. The largest absolute Gasteiger partial charge is 0.489 e. The van der Waals surface area contributed by atoms with Crippen molar-refractivity contribution >= 4 is 126 Å². The van der Waals surface area contributed by atoms with Crippen molar-refractivity contribution in [3.8, 4) is 35.0 Å². The fourth-order valence-electron chi connectivity index (χ4n) is 8.14. The number of hydrogen-bond acceptors (Lipinski definition) is 21. The van der Waals surface area contributed by atoms with Gasteiger partial charge in [0.25, 0.3) is 10.1 Å². The van der Waals surface area contributed by atoms with Gasteiger partial charge in [-0.3, -0.25) is 14.1 Å². The van der Waals surface area contributed by atoms with E-state index in [2.05, 4.69) is 99.6 Å². The third-order valence-electron chi connectivity index (χ3n) is 12.1. The summed E-state index contributed by atoms with van der Waals surface area (Å²) in [6, 6.07) is 1.78. The molecule has 0 unspecified atom stereocenters. The van der Waals surface area contributed by atoms with Crippen LogP contribution in [-0.2, 0) is 38.8 Å². The molecule has 8 N–H and O–H groups in total. The summed E-state index contributed by atoms with van der Waals surface area (Å²) in [7, 11) is -4.14. The molecule has 2 aromatic carbocycles. The molecule has 5 aromatic rings. The lowest BCUT2D eigenvalue weighted by atomic mass is 10.2. The van der Waals surface area contributed by atoms with Crippen LogP contribution in [0.15, 0.2) is 42.4 Å². The number of halogens is 4. The number of H-pyrrole nitrogens is 2. The zero-order valence-electron chi connectivity index (χ0n) is 42.3. The van der Waals surface area contributed by atoms with Crippen LogP contribution in [-0.4, -0.2) is 199 Å². The molecule has 3 aromatic heterocycles. The van der Waals surface area contributed by atoms with E-state index in [9.17, 15) is 37.3 Å². The van der Waals surface area contributed by atoms with E-state index >= 15 is 0 Å². The first kappa shape index (κ1) is 63.2. The van der Waals surface area contributed by atoms with E-state index in [4.69, 9.17) is 48.3 Å². The lowest BCUT2D eigenvalue weighted by molar-refractivity contribution is -0.928. The van der Waals surface area contributed by atoms with E-state index in [1.807, 2.05) is 4.90 Å². The van der Waals surface area contributed by atoms with Crippen LogP contribution >= 0.6 is 63.7 Å². The molecule has 1 fully saturated rings. The maximum absolute atomic E-state index is 11.5. The van der Waals surface area contributed by atoms with Gasteiger partial charge in [-0.05, 0) is 88.7 Å². The Balaban J connectivity index is 1.02. The van der Waals surface area contributed by atoms with Gasteiger partial charge in [-0.1, -0.05) is 0 Å². The number of carbonyl (C=O) groups excluding carboxylic acids is 2. The number of carboxylic acid groups (broad SMARTS) is 2. The number of piperazine rings is 1. The Hall–Kier alpha value is -5.00. The molecular weight excluding hydrogens is 1330 g/mol. The zero-order valence-corrected chi connectivity index (χ0v) is 49.5. The summed E-state index contributed by atoms with van der Waals surface area (Å²) in [6.45, 7) is 4.21. The molecule has 79 heavy (non-hydrogen) atoms. The predicted molar refractivity (Wildman–Crippen MR) is 296 cm³/mol. The summed E-state index contributed by atoms with van der Waals surface area (Å²) in [5.74, 6) is -0.616. The van der Waals surface area contributed by atoms with Crippen LogP contribution in [0.1, 0.15) is 38.5 Å². The van der Waals surface area contributed by atoms with Crippen LogP contribution in [0.5, 0.6) is 35.0 Å². The second-order valence-corrected chi connectivity index (χ2v) is 22.6. The van der Waals surface area contributed by atoms with E-state index < -0.39 is 34.1 Å². The number of aliphatic hydroxyl groups excluding tert-OH is 1. The molecule has 32 heteroatoms. The third kappa shape index (κ3) is 19.3. The zero-order chi connectivity index (χ0) is 57.0.